The van der Waals surface area contributed by atoms with E-state index in [1.165, 1.54) is 36.2 Å². The number of nitrogens with one attached hydrogen (secondary N) is 3. The number of para-hydroxylation sites is 1. The summed E-state index contributed by atoms with van der Waals surface area (Å²) in [7, 11) is 1.42. The van der Waals surface area contributed by atoms with Crippen LogP contribution in [0.2, 0.25) is 0 Å². The van der Waals surface area contributed by atoms with Crippen LogP contribution in [0.5, 0.6) is 0 Å². The first-order valence-electron chi connectivity index (χ1n) is 13.4. The summed E-state index contributed by atoms with van der Waals surface area (Å²) in [5, 5.41) is 7.49. The molecule has 3 aromatic rings. The predicted octanol–water partition coefficient (Wildman–Crippen LogP) is 4.56. The number of halogens is 3. The molecule has 2 aliphatic rings. The van der Waals surface area contributed by atoms with Gasteiger partial charge in [0.15, 0.2) is 0 Å². The van der Waals surface area contributed by atoms with Crippen LogP contribution >= 0.6 is 0 Å². The molecule has 1 fully saturated rings. The Bertz CT molecular complexity index is 1560. The van der Waals surface area contributed by atoms with Gasteiger partial charge in [0.1, 0.15) is 11.5 Å². The van der Waals surface area contributed by atoms with Crippen molar-refractivity contribution >= 4 is 34.7 Å². The van der Waals surface area contributed by atoms with Crippen molar-refractivity contribution in [1.29, 1.82) is 0 Å². The van der Waals surface area contributed by atoms with Crippen LogP contribution in [0.25, 0.3) is 11.3 Å². The summed E-state index contributed by atoms with van der Waals surface area (Å²) in [4.78, 5) is 34.2. The van der Waals surface area contributed by atoms with Gasteiger partial charge in [0.2, 0.25) is 5.91 Å². The molecule has 1 aliphatic carbocycles. The molecular formula is C25H23F3N6O2. The summed E-state index contributed by atoms with van der Waals surface area (Å²) in [6.07, 6.45) is -2.22. The van der Waals surface area contributed by atoms with Crippen LogP contribution < -0.4 is 20.9 Å². The molecule has 0 atom stereocenters. The summed E-state index contributed by atoms with van der Waals surface area (Å²) in [5.41, 5.74) is -1.14. The summed E-state index contributed by atoms with van der Waals surface area (Å²) in [6, 6.07) is 7.62. The molecule has 2 aromatic heterocycles. The Morgan fingerprint density at radius 3 is 2.72 bits per heavy atom. The molecular weight excluding hydrogens is 473 g/mol. The highest BCUT2D eigenvalue weighted by Crippen LogP contribution is 2.44. The first-order chi connectivity index (χ1) is 19.1. The van der Waals surface area contributed by atoms with E-state index in [0.29, 0.717) is 0 Å². The van der Waals surface area contributed by atoms with Gasteiger partial charge in [-0.25, -0.2) is 9.97 Å². The molecule has 8 nitrogen and oxygen atoms in total. The van der Waals surface area contributed by atoms with Crippen molar-refractivity contribution in [1.82, 2.24) is 15.3 Å². The van der Waals surface area contributed by atoms with Crippen molar-refractivity contribution in [3.05, 3.63) is 59.4 Å². The quantitative estimate of drug-likeness (QED) is 0.474. The highest BCUT2D eigenvalue weighted by atomic mass is 19.4. The smallest absolute Gasteiger partial charge is 0.368 e. The lowest BCUT2D eigenvalue weighted by Gasteiger charge is -2.31. The molecule has 36 heavy (non-hydrogen) atoms. The minimum Gasteiger partial charge on any atom is -0.368 e. The Labute approximate surface area is 212 Å². The second kappa shape index (κ2) is 8.81. The topological polar surface area (TPSA) is 99.2 Å². The molecule has 0 saturated heterocycles. The van der Waals surface area contributed by atoms with E-state index in [4.69, 9.17) is 6.85 Å². The van der Waals surface area contributed by atoms with Gasteiger partial charge >= 0.3 is 6.18 Å². The Kier molecular flexibility index (Phi) is 4.45. The number of pyridine rings is 2. The zero-order valence-electron chi connectivity index (χ0n) is 23.8. The van der Waals surface area contributed by atoms with Gasteiger partial charge in [-0.05, 0) is 30.5 Å². The average Bonchev–Trinajstić information content (AvgIpc) is 3.71. The minimum atomic E-state index is -4.76. The Morgan fingerprint density at radius 2 is 2.00 bits per heavy atom. The van der Waals surface area contributed by atoms with Crippen molar-refractivity contribution in [2.75, 3.05) is 29.6 Å². The van der Waals surface area contributed by atoms with Crippen LogP contribution in [-0.2, 0) is 17.5 Å². The number of hydrogen-bond donors (Lipinski definition) is 3. The molecule has 0 spiro atoms. The zero-order valence-corrected chi connectivity index (χ0v) is 18.8. The number of fused-ring (bicyclic) bond motifs is 3. The van der Waals surface area contributed by atoms with Crippen molar-refractivity contribution in [2.45, 2.75) is 25.5 Å². The first-order valence-corrected chi connectivity index (χ1v) is 10.9. The standard InChI is InChI=1S/C25H23F3N6O2/c1-29-24(36)16-11-30-20(33-23(35)13-6-7-13)10-18(16)31-17-5-3-4-15-21-14(12-34(2)22(15)17)8-9-19(32-21)25(26,27)28/h3-5,8-11,13H,6-7,12H2,1-2H3,(H,29,36)(H2,30,31,33,35)/i1D3,12D2. The number of nitrogens with zero attached hydrogens (tertiary/aromatic N) is 3. The van der Waals surface area contributed by atoms with E-state index in [9.17, 15) is 22.8 Å². The fourth-order valence-electron chi connectivity index (χ4n) is 3.94. The largest absolute Gasteiger partial charge is 0.433 e. The number of benzene rings is 1. The Morgan fingerprint density at radius 1 is 1.19 bits per heavy atom. The van der Waals surface area contributed by atoms with Crippen molar-refractivity contribution in [3.63, 3.8) is 0 Å². The summed E-state index contributed by atoms with van der Waals surface area (Å²) >= 11 is 0. The fourth-order valence-corrected chi connectivity index (χ4v) is 3.94. The average molecular weight is 502 g/mol. The van der Waals surface area contributed by atoms with E-state index in [1.807, 2.05) is 5.32 Å². The minimum absolute atomic E-state index is 0.0120. The Balaban J connectivity index is 1.62. The van der Waals surface area contributed by atoms with E-state index in [2.05, 4.69) is 20.6 Å². The highest BCUT2D eigenvalue weighted by molar-refractivity contribution is 6.02. The second-order valence-corrected chi connectivity index (χ2v) is 8.42. The van der Waals surface area contributed by atoms with Crippen LogP contribution in [-0.4, -0.2) is 35.8 Å². The Hall–Kier alpha value is -4.15. The molecule has 1 aliphatic heterocycles. The number of rotatable bonds is 5. The van der Waals surface area contributed by atoms with Crippen LogP contribution in [0, 0.1) is 5.92 Å². The van der Waals surface area contributed by atoms with Gasteiger partial charge in [-0.15, -0.1) is 0 Å². The van der Waals surface area contributed by atoms with E-state index in [0.717, 1.165) is 31.2 Å². The number of hydrogen-bond acceptors (Lipinski definition) is 6. The molecule has 1 saturated carbocycles. The van der Waals surface area contributed by atoms with Gasteiger partial charge in [0, 0.05) is 48.4 Å². The molecule has 0 bridgehead atoms. The third-order valence-corrected chi connectivity index (χ3v) is 5.83. The van der Waals surface area contributed by atoms with Crippen LogP contribution in [0.4, 0.5) is 36.1 Å². The second-order valence-electron chi connectivity index (χ2n) is 8.42. The number of amides is 2. The molecule has 3 heterocycles. The van der Waals surface area contributed by atoms with Crippen LogP contribution in [0.3, 0.4) is 0 Å². The lowest BCUT2D eigenvalue weighted by Crippen LogP contribution is -2.24. The summed E-state index contributed by atoms with van der Waals surface area (Å²) < 4.78 is 80.0. The maximum atomic E-state index is 13.5. The summed E-state index contributed by atoms with van der Waals surface area (Å²) in [5.74, 6) is -1.35. The molecule has 1 aromatic carbocycles. The van der Waals surface area contributed by atoms with E-state index < -0.39 is 31.3 Å². The van der Waals surface area contributed by atoms with Crippen molar-refractivity contribution in [3.8, 4) is 11.3 Å². The zero-order chi connectivity index (χ0) is 29.9. The molecule has 186 valence electrons. The number of alkyl halides is 3. The fraction of sp³-hybridized carbons (Fsp3) is 0.280. The number of anilines is 4. The number of aromatic nitrogens is 2. The lowest BCUT2D eigenvalue weighted by atomic mass is 9.96. The van der Waals surface area contributed by atoms with Gasteiger partial charge in [0.25, 0.3) is 5.91 Å². The molecule has 2 amide bonds. The van der Waals surface area contributed by atoms with Gasteiger partial charge < -0.3 is 20.9 Å². The normalized spacial score (nSPS) is 18.3. The van der Waals surface area contributed by atoms with Gasteiger partial charge in [0.05, 0.1) is 31.1 Å². The predicted molar refractivity (Wildman–Crippen MR) is 129 cm³/mol. The summed E-state index contributed by atoms with van der Waals surface area (Å²) in [6.45, 7) is -5.10. The molecule has 5 rings (SSSR count). The maximum absolute atomic E-state index is 13.5. The van der Waals surface area contributed by atoms with Crippen LogP contribution in [0.1, 0.15) is 41.3 Å². The molecule has 11 heteroatoms. The van der Waals surface area contributed by atoms with E-state index in [-0.39, 0.29) is 57.1 Å². The maximum Gasteiger partial charge on any atom is 0.433 e. The third-order valence-electron chi connectivity index (χ3n) is 5.83. The number of carbonyl (C=O) groups is 2. The highest BCUT2D eigenvalue weighted by Gasteiger charge is 2.35. The first kappa shape index (κ1) is 18.2. The van der Waals surface area contributed by atoms with Gasteiger partial charge in [-0.1, -0.05) is 18.2 Å². The SMILES string of the molecule is [2H]C([2H])([2H])NC(=O)c1cnc(NC(=O)C2CC2)cc1Nc1cccc2c1N(C)C([2H])([2H])c1ccc(C(F)(F)F)nc1-2. The van der Waals surface area contributed by atoms with Gasteiger partial charge in [-0.3, -0.25) is 9.59 Å². The van der Waals surface area contributed by atoms with E-state index >= 15 is 0 Å². The molecule has 0 unspecified atom stereocenters. The van der Waals surface area contributed by atoms with Gasteiger partial charge in [-0.2, -0.15) is 13.2 Å². The van der Waals surface area contributed by atoms with Crippen LogP contribution in [0.15, 0.2) is 42.6 Å². The number of carbonyl (C=O) groups excluding carboxylic acids is 2. The van der Waals surface area contributed by atoms with Crippen molar-refractivity contribution < 1.29 is 29.6 Å². The monoisotopic (exact) mass is 501 g/mol. The molecule has 3 N–H and O–H groups in total. The molecule has 0 radical (unpaired) electrons. The lowest BCUT2D eigenvalue weighted by molar-refractivity contribution is -0.141. The van der Waals surface area contributed by atoms with E-state index in [1.54, 1.807) is 0 Å². The third kappa shape index (κ3) is 4.43. The van der Waals surface area contributed by atoms with Crippen molar-refractivity contribution in [2.24, 2.45) is 5.92 Å².